The van der Waals surface area contributed by atoms with Crippen LogP contribution in [0.2, 0.25) is 0 Å². The maximum absolute atomic E-state index is 11.2. The van der Waals surface area contributed by atoms with Crippen LogP contribution in [0.25, 0.3) is 0 Å². The van der Waals surface area contributed by atoms with Crippen LogP contribution in [0.3, 0.4) is 0 Å². The van der Waals surface area contributed by atoms with Crippen LogP contribution in [0.5, 0.6) is 0 Å². The molecule has 1 aliphatic rings. The molecule has 1 saturated heterocycles. The van der Waals surface area contributed by atoms with Crippen LogP contribution < -0.4 is 0 Å². The van der Waals surface area contributed by atoms with Gasteiger partial charge in [0.2, 0.25) is 0 Å². The minimum Gasteiger partial charge on any atom is -0.459 e. The summed E-state index contributed by atoms with van der Waals surface area (Å²) in [5, 5.41) is 20.4. The van der Waals surface area contributed by atoms with Gasteiger partial charge in [0.1, 0.15) is 6.10 Å². The number of aliphatic hydroxyl groups excluding tert-OH is 2. The highest BCUT2D eigenvalue weighted by Gasteiger charge is 2.37. The van der Waals surface area contributed by atoms with E-state index in [0.29, 0.717) is 19.6 Å². The van der Waals surface area contributed by atoms with Crippen molar-refractivity contribution in [3.8, 4) is 0 Å². The summed E-state index contributed by atoms with van der Waals surface area (Å²) in [4.78, 5) is 11.2. The smallest absolute Gasteiger partial charge is 0.306 e. The van der Waals surface area contributed by atoms with Gasteiger partial charge >= 0.3 is 5.97 Å². The Morgan fingerprint density at radius 3 is 2.61 bits per heavy atom. The molecule has 0 aliphatic carbocycles. The average Bonchev–Trinajstić information content (AvgIpc) is 2.87. The van der Waals surface area contributed by atoms with E-state index in [1.54, 1.807) is 0 Å². The first kappa shape index (κ1) is 17.9. The van der Waals surface area contributed by atoms with E-state index in [1.807, 2.05) is 44.2 Å². The Labute approximate surface area is 137 Å². The maximum atomic E-state index is 11.2. The lowest BCUT2D eigenvalue weighted by molar-refractivity contribution is -0.147. The van der Waals surface area contributed by atoms with Crippen molar-refractivity contribution in [3.63, 3.8) is 0 Å². The number of carbonyl (C=O) groups excluding carboxylic acids is 1. The summed E-state index contributed by atoms with van der Waals surface area (Å²) in [7, 11) is 0. The molecule has 2 N–H and O–H groups in total. The van der Waals surface area contributed by atoms with Crippen molar-refractivity contribution < 1.29 is 24.5 Å². The molecule has 128 valence electrons. The van der Waals surface area contributed by atoms with Gasteiger partial charge in [0.05, 0.1) is 31.8 Å². The molecule has 5 nitrogen and oxygen atoms in total. The molecule has 0 spiro atoms. The minimum absolute atomic E-state index is 0.0191. The topological polar surface area (TPSA) is 76.0 Å². The van der Waals surface area contributed by atoms with Crippen molar-refractivity contribution in [2.45, 2.75) is 51.6 Å². The van der Waals surface area contributed by atoms with Gasteiger partial charge in [-0.25, -0.2) is 0 Å². The number of cyclic esters (lactones) is 1. The molecular weight excluding hydrogens is 296 g/mol. The fourth-order valence-electron chi connectivity index (χ4n) is 2.81. The van der Waals surface area contributed by atoms with Crippen molar-refractivity contribution in [1.82, 2.24) is 0 Å². The highest BCUT2D eigenvalue weighted by molar-refractivity contribution is 5.72. The van der Waals surface area contributed by atoms with Gasteiger partial charge in [-0.2, -0.15) is 0 Å². The molecule has 0 bridgehead atoms. The van der Waals surface area contributed by atoms with E-state index in [9.17, 15) is 15.0 Å². The fourth-order valence-corrected chi connectivity index (χ4v) is 2.81. The van der Waals surface area contributed by atoms with E-state index in [0.717, 1.165) is 5.56 Å². The molecule has 0 aromatic heterocycles. The van der Waals surface area contributed by atoms with Gasteiger partial charge in [-0.1, -0.05) is 44.2 Å². The van der Waals surface area contributed by atoms with Gasteiger partial charge in [-0.05, 0) is 5.56 Å². The summed E-state index contributed by atoms with van der Waals surface area (Å²) < 4.78 is 10.7. The quantitative estimate of drug-likeness (QED) is 0.715. The molecule has 2 rings (SSSR count). The molecule has 23 heavy (non-hydrogen) atoms. The molecule has 0 amide bonds. The molecule has 0 saturated carbocycles. The van der Waals surface area contributed by atoms with Crippen molar-refractivity contribution in [2.75, 3.05) is 6.61 Å². The lowest BCUT2D eigenvalue weighted by Gasteiger charge is -2.25. The first-order valence-electron chi connectivity index (χ1n) is 8.14. The monoisotopic (exact) mass is 322 g/mol. The third-order valence-corrected chi connectivity index (χ3v) is 4.33. The number of ether oxygens (including phenoxy) is 2. The predicted molar refractivity (Wildman–Crippen MR) is 85.6 cm³/mol. The van der Waals surface area contributed by atoms with E-state index in [1.165, 1.54) is 0 Å². The SMILES string of the molecule is C[C@@H]1CC(=O)O[C@@H]1[C@H](O)C[C@H](O)[C@H](C)COCc1ccccc1. The van der Waals surface area contributed by atoms with Gasteiger partial charge in [-0.15, -0.1) is 0 Å². The molecule has 1 heterocycles. The summed E-state index contributed by atoms with van der Waals surface area (Å²) >= 11 is 0. The summed E-state index contributed by atoms with van der Waals surface area (Å²) in [5.41, 5.74) is 1.08. The Hall–Kier alpha value is -1.43. The standard InChI is InChI=1S/C18H26O5/c1-12-8-17(21)23-18(12)16(20)9-15(19)13(2)10-22-11-14-6-4-3-5-7-14/h3-7,12-13,15-16,18-20H,8-11H2,1-2H3/t12-,13-,15+,16-,18+/m1/s1. The second-order valence-corrected chi connectivity index (χ2v) is 6.48. The first-order valence-corrected chi connectivity index (χ1v) is 8.14. The molecule has 0 unspecified atom stereocenters. The Balaban J connectivity index is 1.72. The van der Waals surface area contributed by atoms with Gasteiger partial charge < -0.3 is 19.7 Å². The van der Waals surface area contributed by atoms with E-state index in [4.69, 9.17) is 9.47 Å². The van der Waals surface area contributed by atoms with Crippen molar-refractivity contribution in [2.24, 2.45) is 11.8 Å². The van der Waals surface area contributed by atoms with Crippen LogP contribution in [0, 0.1) is 11.8 Å². The highest BCUT2D eigenvalue weighted by Crippen LogP contribution is 2.27. The number of hydrogen-bond donors (Lipinski definition) is 2. The normalized spacial score (nSPS) is 25.0. The Kier molecular flexibility index (Phi) is 6.57. The van der Waals surface area contributed by atoms with E-state index in [2.05, 4.69) is 0 Å². The molecule has 5 heteroatoms. The second-order valence-electron chi connectivity index (χ2n) is 6.48. The number of aliphatic hydroxyl groups is 2. The first-order chi connectivity index (χ1) is 11.0. The molecule has 0 radical (unpaired) electrons. The van der Waals surface area contributed by atoms with Gasteiger partial charge in [-0.3, -0.25) is 4.79 Å². The number of carbonyl (C=O) groups is 1. The van der Waals surface area contributed by atoms with Crippen LogP contribution in [0.1, 0.15) is 32.3 Å². The lowest BCUT2D eigenvalue weighted by Crippen LogP contribution is -2.36. The van der Waals surface area contributed by atoms with Crippen LogP contribution in [-0.4, -0.2) is 41.1 Å². The largest absolute Gasteiger partial charge is 0.459 e. The third-order valence-electron chi connectivity index (χ3n) is 4.33. The van der Waals surface area contributed by atoms with Crippen molar-refractivity contribution in [3.05, 3.63) is 35.9 Å². The van der Waals surface area contributed by atoms with E-state index < -0.39 is 18.3 Å². The predicted octanol–water partition coefficient (Wildman–Crippen LogP) is 1.90. The Morgan fingerprint density at radius 1 is 1.30 bits per heavy atom. The zero-order valence-electron chi connectivity index (χ0n) is 13.7. The van der Waals surface area contributed by atoms with Gasteiger partial charge in [0.15, 0.2) is 0 Å². The minimum atomic E-state index is -0.844. The zero-order chi connectivity index (χ0) is 16.8. The van der Waals surface area contributed by atoms with Crippen molar-refractivity contribution >= 4 is 5.97 Å². The number of hydrogen-bond acceptors (Lipinski definition) is 5. The molecule has 1 aromatic rings. The van der Waals surface area contributed by atoms with Crippen molar-refractivity contribution in [1.29, 1.82) is 0 Å². The second kappa shape index (κ2) is 8.43. The molecule has 1 aromatic carbocycles. The number of benzene rings is 1. The lowest BCUT2D eigenvalue weighted by atomic mass is 9.92. The molecular formula is C18H26O5. The number of esters is 1. The van der Waals surface area contributed by atoms with Crippen LogP contribution in [-0.2, 0) is 20.9 Å². The molecule has 1 aliphatic heterocycles. The Morgan fingerprint density at radius 2 is 2.00 bits per heavy atom. The van der Waals surface area contributed by atoms with Crippen LogP contribution in [0.15, 0.2) is 30.3 Å². The molecule has 1 fully saturated rings. The zero-order valence-corrected chi connectivity index (χ0v) is 13.7. The highest BCUT2D eigenvalue weighted by atomic mass is 16.6. The van der Waals surface area contributed by atoms with Gasteiger partial charge in [0.25, 0.3) is 0 Å². The maximum Gasteiger partial charge on any atom is 0.306 e. The summed E-state index contributed by atoms with van der Waals surface area (Å²) in [5.74, 6) is -0.412. The number of rotatable bonds is 8. The fraction of sp³-hybridized carbons (Fsp3) is 0.611. The third kappa shape index (κ3) is 5.30. The van der Waals surface area contributed by atoms with Gasteiger partial charge in [0, 0.05) is 18.3 Å². The average molecular weight is 322 g/mol. The van der Waals surface area contributed by atoms with Crippen LogP contribution >= 0.6 is 0 Å². The summed E-state index contributed by atoms with van der Waals surface area (Å²) in [6.45, 7) is 4.66. The van der Waals surface area contributed by atoms with E-state index >= 15 is 0 Å². The Bertz CT molecular complexity index is 489. The van der Waals surface area contributed by atoms with E-state index in [-0.39, 0.29) is 24.2 Å². The summed E-state index contributed by atoms with van der Waals surface area (Å²) in [6.07, 6.45) is -1.56. The molecule has 5 atom stereocenters. The summed E-state index contributed by atoms with van der Waals surface area (Å²) in [6, 6.07) is 9.84. The van der Waals surface area contributed by atoms with Crippen LogP contribution in [0.4, 0.5) is 0 Å².